The number of carbonyl (C=O) groups is 1. The Bertz CT molecular complexity index is 444. The van der Waals surface area contributed by atoms with Crippen LogP contribution in [0.1, 0.15) is 117 Å². The summed E-state index contributed by atoms with van der Waals surface area (Å²) in [4.78, 5) is 9.00. The maximum atomic E-state index is 10.0. The zero-order chi connectivity index (χ0) is 28.5. The van der Waals surface area contributed by atoms with E-state index in [2.05, 4.69) is 13.8 Å². The molecule has 0 fully saturated rings. The highest BCUT2D eigenvalue weighted by Gasteiger charge is 2.04. The number of ether oxygens (including phenoxy) is 4. The second kappa shape index (κ2) is 34.3. The summed E-state index contributed by atoms with van der Waals surface area (Å²) in [5.41, 5.74) is 0. The maximum Gasteiger partial charge on any atom is 0.300 e. The van der Waals surface area contributed by atoms with Gasteiger partial charge in [0.15, 0.2) is 0 Å². The first-order valence-corrected chi connectivity index (χ1v) is 15.2. The zero-order valence-electron chi connectivity index (χ0n) is 25.0. The van der Waals surface area contributed by atoms with Crippen LogP contribution in [0.5, 0.6) is 0 Å². The summed E-state index contributed by atoms with van der Waals surface area (Å²) in [6, 6.07) is 0. The van der Waals surface area contributed by atoms with Crippen LogP contribution in [0.15, 0.2) is 0 Å². The van der Waals surface area contributed by atoms with E-state index in [1.165, 1.54) is 83.5 Å². The molecular weight excluding hydrogens is 488 g/mol. The van der Waals surface area contributed by atoms with Gasteiger partial charge in [0.1, 0.15) is 0 Å². The molecule has 0 aliphatic heterocycles. The average molecular weight is 551 g/mol. The molecule has 38 heavy (non-hydrogen) atoms. The number of carboxylic acid groups (broad SMARTS) is 1. The molecule has 1 atom stereocenters. The van der Waals surface area contributed by atoms with Crippen molar-refractivity contribution in [2.75, 3.05) is 59.5 Å². The van der Waals surface area contributed by atoms with Crippen LogP contribution in [-0.2, 0) is 23.7 Å². The highest BCUT2D eigenvalue weighted by atomic mass is 16.6. The second-order valence-corrected chi connectivity index (χ2v) is 10.4. The van der Waals surface area contributed by atoms with Gasteiger partial charge in [-0.2, -0.15) is 0 Å². The highest BCUT2D eigenvalue weighted by molar-refractivity contribution is 5.62. The van der Waals surface area contributed by atoms with Crippen LogP contribution in [0.25, 0.3) is 0 Å². The van der Waals surface area contributed by atoms with Crippen LogP contribution < -0.4 is 0 Å². The number of carboxylic acids is 1. The van der Waals surface area contributed by atoms with Gasteiger partial charge in [0.05, 0.1) is 65.6 Å². The van der Waals surface area contributed by atoms with E-state index >= 15 is 0 Å². The first kappa shape index (κ1) is 39.4. The van der Waals surface area contributed by atoms with Gasteiger partial charge >= 0.3 is 0 Å². The Kier molecular flexibility index (Phi) is 35.5. The quantitative estimate of drug-likeness (QED) is 0.0971. The van der Waals surface area contributed by atoms with Crippen molar-refractivity contribution in [1.29, 1.82) is 0 Å². The van der Waals surface area contributed by atoms with Crippen LogP contribution in [0, 0.1) is 5.92 Å². The summed E-state index contributed by atoms with van der Waals surface area (Å²) < 4.78 is 21.3. The number of aliphatic hydroxyl groups is 2. The van der Waals surface area contributed by atoms with Crippen molar-refractivity contribution in [3.8, 4) is 0 Å². The lowest BCUT2D eigenvalue weighted by Gasteiger charge is -2.11. The zero-order valence-corrected chi connectivity index (χ0v) is 25.0. The fourth-order valence-electron chi connectivity index (χ4n) is 3.90. The molecule has 3 N–H and O–H groups in total. The number of rotatable bonds is 29. The van der Waals surface area contributed by atoms with Gasteiger partial charge in [-0.1, -0.05) is 104 Å². The van der Waals surface area contributed by atoms with Gasteiger partial charge in [-0.25, -0.2) is 0 Å². The molecule has 0 heterocycles. The van der Waals surface area contributed by atoms with Crippen LogP contribution >= 0.6 is 0 Å². The number of aliphatic hydroxyl groups excluding tert-OH is 2. The molecule has 8 heteroatoms. The van der Waals surface area contributed by atoms with Gasteiger partial charge in [-0.05, 0) is 12.3 Å². The molecule has 0 saturated heterocycles. The van der Waals surface area contributed by atoms with Crippen LogP contribution in [0.3, 0.4) is 0 Å². The van der Waals surface area contributed by atoms with Gasteiger partial charge in [0, 0.05) is 6.92 Å². The molecule has 0 aliphatic carbocycles. The lowest BCUT2D eigenvalue weighted by molar-refractivity contribution is -0.134. The van der Waals surface area contributed by atoms with Crippen LogP contribution in [-0.4, -0.2) is 86.9 Å². The van der Waals surface area contributed by atoms with E-state index in [-0.39, 0.29) is 12.7 Å². The van der Waals surface area contributed by atoms with Gasteiger partial charge < -0.3 is 34.3 Å². The van der Waals surface area contributed by atoms with Crippen LogP contribution in [0.2, 0.25) is 0 Å². The van der Waals surface area contributed by atoms with E-state index in [4.69, 9.17) is 34.0 Å². The monoisotopic (exact) mass is 550 g/mol. The smallest absolute Gasteiger partial charge is 0.300 e. The van der Waals surface area contributed by atoms with E-state index in [9.17, 15) is 5.11 Å². The summed E-state index contributed by atoms with van der Waals surface area (Å²) in [5.74, 6) is 0.0305. The fraction of sp³-hybridized carbons (Fsp3) is 0.967. The Morgan fingerprint density at radius 2 is 0.895 bits per heavy atom. The number of hydrogen-bond donors (Lipinski definition) is 3. The van der Waals surface area contributed by atoms with Crippen molar-refractivity contribution in [2.45, 2.75) is 123 Å². The molecule has 0 aromatic carbocycles. The molecule has 0 radical (unpaired) electrons. The molecule has 0 rings (SSSR count). The van der Waals surface area contributed by atoms with E-state index < -0.39 is 5.97 Å². The van der Waals surface area contributed by atoms with Crippen molar-refractivity contribution in [1.82, 2.24) is 0 Å². The predicted octanol–water partition coefficient (Wildman–Crippen LogP) is 6.00. The summed E-state index contributed by atoms with van der Waals surface area (Å²) in [6.45, 7) is 9.53. The van der Waals surface area contributed by atoms with E-state index in [1.807, 2.05) is 0 Å². The van der Waals surface area contributed by atoms with Crippen LogP contribution in [0.4, 0.5) is 0 Å². The van der Waals surface area contributed by atoms with Crippen molar-refractivity contribution in [3.63, 3.8) is 0 Å². The Hall–Kier alpha value is -0.770. The average Bonchev–Trinajstić information content (AvgIpc) is 2.86. The van der Waals surface area contributed by atoms with Gasteiger partial charge in [-0.3, -0.25) is 4.79 Å². The number of hydrogen-bond acceptors (Lipinski definition) is 7. The maximum absolute atomic E-state index is 10.0. The van der Waals surface area contributed by atoms with Crippen molar-refractivity contribution < 1.29 is 39.1 Å². The standard InChI is InChI=1S/C28H58O6.C2H4O2/c1-27(2)16-14-12-10-8-6-4-3-5-7-9-11-13-15-17-28(30)26-34-25-24-33-23-22-32-21-20-31-19-18-29;1-2(3)4/h27-30H,3-26H2,1-2H3;1H3,(H,3,4). The Morgan fingerprint density at radius 1 is 0.579 bits per heavy atom. The summed E-state index contributed by atoms with van der Waals surface area (Å²) in [6.07, 6.45) is 19.4. The summed E-state index contributed by atoms with van der Waals surface area (Å²) in [7, 11) is 0. The Morgan fingerprint density at radius 3 is 1.26 bits per heavy atom. The third kappa shape index (κ3) is 42.3. The lowest BCUT2D eigenvalue weighted by Crippen LogP contribution is -2.18. The first-order valence-electron chi connectivity index (χ1n) is 15.2. The second-order valence-electron chi connectivity index (χ2n) is 10.4. The topological polar surface area (TPSA) is 115 Å². The minimum absolute atomic E-state index is 0.0386. The highest BCUT2D eigenvalue weighted by Crippen LogP contribution is 2.15. The lowest BCUT2D eigenvalue weighted by atomic mass is 10.0. The molecule has 0 aromatic rings. The minimum Gasteiger partial charge on any atom is -0.481 e. The molecule has 0 aromatic heterocycles. The van der Waals surface area contributed by atoms with Crippen molar-refractivity contribution in [2.24, 2.45) is 5.92 Å². The normalized spacial score (nSPS) is 11.9. The van der Waals surface area contributed by atoms with Gasteiger partial charge in [-0.15, -0.1) is 0 Å². The molecular formula is C30H62O8. The molecule has 8 nitrogen and oxygen atoms in total. The largest absolute Gasteiger partial charge is 0.481 e. The van der Waals surface area contributed by atoms with Gasteiger partial charge in [0.25, 0.3) is 5.97 Å². The Balaban J connectivity index is 0. The van der Waals surface area contributed by atoms with E-state index in [1.54, 1.807) is 0 Å². The fourth-order valence-corrected chi connectivity index (χ4v) is 3.90. The van der Waals surface area contributed by atoms with E-state index in [0.717, 1.165) is 25.7 Å². The third-order valence-corrected chi connectivity index (χ3v) is 5.98. The molecule has 0 bridgehead atoms. The summed E-state index contributed by atoms with van der Waals surface area (Å²) >= 11 is 0. The minimum atomic E-state index is -0.833. The molecule has 230 valence electrons. The third-order valence-electron chi connectivity index (χ3n) is 5.98. The molecule has 0 amide bonds. The molecule has 0 spiro atoms. The van der Waals surface area contributed by atoms with Crippen molar-refractivity contribution >= 4 is 5.97 Å². The SMILES string of the molecule is CC(=O)O.CC(C)CCCCCCCCCCCCCCCC(O)COCCOCCOCCOCCO. The first-order chi connectivity index (χ1) is 18.4. The van der Waals surface area contributed by atoms with Crippen molar-refractivity contribution in [3.05, 3.63) is 0 Å². The number of aliphatic carboxylic acids is 1. The van der Waals surface area contributed by atoms with Gasteiger partial charge in [0.2, 0.25) is 0 Å². The molecule has 0 aliphatic rings. The Labute approximate surface area is 233 Å². The summed E-state index contributed by atoms with van der Waals surface area (Å²) in [5, 5.41) is 26.0. The number of unbranched alkanes of at least 4 members (excludes halogenated alkanes) is 12. The van der Waals surface area contributed by atoms with E-state index in [0.29, 0.717) is 52.9 Å². The predicted molar refractivity (Wildman–Crippen MR) is 154 cm³/mol. The molecule has 0 saturated carbocycles. The molecule has 1 unspecified atom stereocenters.